The maximum atomic E-state index is 13.8. The van der Waals surface area contributed by atoms with Crippen LogP contribution in [-0.4, -0.2) is 89.2 Å². The van der Waals surface area contributed by atoms with Crippen LogP contribution in [0.2, 0.25) is 0 Å². The van der Waals surface area contributed by atoms with Gasteiger partial charge in [0.05, 0.1) is 17.9 Å². The largest absolute Gasteiger partial charge is 0.389 e. The van der Waals surface area contributed by atoms with Gasteiger partial charge in [0, 0.05) is 88.0 Å². The number of methoxy groups -OCH3 is 1. The van der Waals surface area contributed by atoms with Gasteiger partial charge < -0.3 is 24.0 Å². The van der Waals surface area contributed by atoms with Crippen LogP contribution in [0.1, 0.15) is 81.7 Å². The van der Waals surface area contributed by atoms with Crippen molar-refractivity contribution in [2.24, 2.45) is 11.8 Å². The van der Waals surface area contributed by atoms with Crippen molar-refractivity contribution < 1.29 is 55.6 Å². The van der Waals surface area contributed by atoms with Crippen LogP contribution < -0.4 is 9.80 Å². The summed E-state index contributed by atoms with van der Waals surface area (Å²) in [6.07, 6.45) is -1.43. The topological polar surface area (TPSA) is 108 Å². The third-order valence-corrected chi connectivity index (χ3v) is 11.9. The molecule has 16 heteroatoms. The van der Waals surface area contributed by atoms with Crippen molar-refractivity contribution in [1.82, 2.24) is 19.4 Å². The molecule has 2 aromatic carbocycles. The predicted octanol–water partition coefficient (Wildman–Crippen LogP) is 6.38. The second-order valence-corrected chi connectivity index (χ2v) is 16.4. The van der Waals surface area contributed by atoms with E-state index >= 15 is 0 Å². The number of aromatic nitrogens is 2. The second-order valence-electron chi connectivity index (χ2n) is 16.4. The van der Waals surface area contributed by atoms with Crippen molar-refractivity contribution >= 4 is 59.0 Å². The number of benzene rings is 2. The van der Waals surface area contributed by atoms with E-state index in [1.165, 1.54) is 0 Å². The Morgan fingerprint density at radius 3 is 1.78 bits per heavy atom. The number of anilines is 2. The summed E-state index contributed by atoms with van der Waals surface area (Å²) >= 11 is 0. The molecule has 0 N–H and O–H groups in total. The number of imidazole rings is 1. The molecule has 4 amide bonds. The van der Waals surface area contributed by atoms with Crippen LogP contribution in [0, 0.1) is 11.8 Å². The predicted molar refractivity (Wildman–Crippen MR) is 219 cm³/mol. The Balaban J connectivity index is 0.000000239. The van der Waals surface area contributed by atoms with Gasteiger partial charge in [-0.3, -0.25) is 24.1 Å². The van der Waals surface area contributed by atoms with Crippen LogP contribution in [0.15, 0.2) is 48.5 Å². The maximum Gasteiger partial charge on any atom is 0.389 e. The van der Waals surface area contributed by atoms with Crippen LogP contribution in [0.25, 0.3) is 0 Å². The molecule has 2 saturated heterocycles. The van der Waals surface area contributed by atoms with Gasteiger partial charge in [-0.2, -0.15) is 13.2 Å². The second kappa shape index (κ2) is 17.7. The zero-order valence-electron chi connectivity index (χ0n) is 33.7. The van der Waals surface area contributed by atoms with Gasteiger partial charge in [-0.15, -0.1) is 24.0 Å². The van der Waals surface area contributed by atoms with Gasteiger partial charge in [0.25, 0.3) is 0 Å². The number of amides is 4. The van der Waals surface area contributed by atoms with E-state index in [4.69, 9.17) is 9.72 Å². The molecule has 1 aromatic heterocycles. The van der Waals surface area contributed by atoms with Crippen LogP contribution in [-0.2, 0) is 79.2 Å². The van der Waals surface area contributed by atoms with Gasteiger partial charge in [-0.05, 0) is 55.4 Å². The Morgan fingerprint density at radius 1 is 0.793 bits per heavy atom. The molecular weight excluding hydrogens is 903 g/mol. The van der Waals surface area contributed by atoms with Crippen LogP contribution in [0.5, 0.6) is 0 Å². The molecule has 2 fully saturated rings. The molecule has 0 unspecified atom stereocenters. The number of carbonyl (C=O) groups excluding carboxylic acids is 4. The molecule has 5 heterocycles. The minimum absolute atomic E-state index is 0. The third-order valence-electron chi connectivity index (χ3n) is 11.9. The van der Waals surface area contributed by atoms with Crippen molar-refractivity contribution in [3.8, 4) is 0 Å². The van der Waals surface area contributed by atoms with Gasteiger partial charge in [-0.1, -0.05) is 64.1 Å². The molecule has 0 saturated carbocycles. The summed E-state index contributed by atoms with van der Waals surface area (Å²) in [4.78, 5) is 62.9. The van der Waals surface area contributed by atoms with Crippen LogP contribution in [0.4, 0.5) is 24.5 Å². The number of ether oxygens (including phenoxy) is 1. The molecule has 8 rings (SSSR count). The summed E-state index contributed by atoms with van der Waals surface area (Å²) < 4.78 is 45.6. The number of para-hydroxylation sites is 2. The third kappa shape index (κ3) is 8.08. The number of hydrogen-bond donors (Lipinski definition) is 0. The number of hydrogen-bond acceptors (Lipinski definition) is 6. The fourth-order valence-corrected chi connectivity index (χ4v) is 9.09. The quantitative estimate of drug-likeness (QED) is 0.231. The summed E-state index contributed by atoms with van der Waals surface area (Å²) in [7, 11) is 1.58. The zero-order valence-corrected chi connectivity index (χ0v) is 37.4. The van der Waals surface area contributed by atoms with Crippen molar-refractivity contribution in [3.63, 3.8) is 0 Å². The molecule has 0 atom stereocenters. The monoisotopic (exact) mass is 955 g/mol. The Hall–Kier alpha value is -3.41. The van der Waals surface area contributed by atoms with Crippen molar-refractivity contribution in [2.45, 2.75) is 96.3 Å². The Kier molecular flexibility index (Phi) is 13.9. The maximum absolute atomic E-state index is 13.8. The summed E-state index contributed by atoms with van der Waals surface area (Å²) in [6.45, 7) is 9.83. The van der Waals surface area contributed by atoms with Gasteiger partial charge in [0.15, 0.2) is 0 Å². The molecule has 11 nitrogen and oxygen atoms in total. The number of fused-ring (bicyclic) bond motifs is 5. The Labute approximate surface area is 366 Å². The van der Waals surface area contributed by atoms with Gasteiger partial charge in [-0.25, -0.2) is 4.98 Å². The van der Waals surface area contributed by atoms with Gasteiger partial charge in [0.1, 0.15) is 23.4 Å². The van der Waals surface area contributed by atoms with E-state index in [0.717, 1.165) is 59.6 Å². The van der Waals surface area contributed by atoms with E-state index < -0.39 is 23.4 Å². The van der Waals surface area contributed by atoms with E-state index in [0.29, 0.717) is 32.0 Å². The number of halogens is 4. The van der Waals surface area contributed by atoms with E-state index in [-0.39, 0.29) is 104 Å². The molecule has 2 spiro atoms. The number of rotatable bonds is 9. The number of aryl methyl sites for hydroxylation is 1. The van der Waals surface area contributed by atoms with Gasteiger partial charge >= 0.3 is 6.18 Å². The smallest absolute Gasteiger partial charge is 0.364 e. The van der Waals surface area contributed by atoms with Crippen LogP contribution >= 0.6 is 24.0 Å². The zero-order chi connectivity index (χ0) is 40.2. The summed E-state index contributed by atoms with van der Waals surface area (Å²) in [5.74, 6) is 0.597. The first kappa shape index (κ1) is 45.7. The van der Waals surface area contributed by atoms with E-state index in [1.54, 1.807) is 26.7 Å². The molecule has 3 aromatic rings. The van der Waals surface area contributed by atoms with E-state index in [9.17, 15) is 32.3 Å². The molecule has 4 aliphatic heterocycles. The molecule has 5 aliphatic rings. The average Bonchev–Trinajstić information content (AvgIpc) is 3.69. The fourth-order valence-electron chi connectivity index (χ4n) is 9.09. The van der Waals surface area contributed by atoms with Crippen LogP contribution in [0.3, 0.4) is 0 Å². The number of likely N-dealkylation sites (tertiary alicyclic amines) is 2. The molecule has 313 valence electrons. The molecule has 1 radical (unpaired) electrons. The first-order chi connectivity index (χ1) is 26.6. The molecule has 1 aliphatic carbocycles. The normalized spacial score (nSPS) is 18.2. The van der Waals surface area contributed by atoms with E-state index in [1.807, 2.05) is 80.8 Å². The first-order valence-corrected chi connectivity index (χ1v) is 19.6. The Morgan fingerprint density at radius 2 is 1.28 bits per heavy atom. The molecular formula is C42H52F3IN6O5V. The minimum Gasteiger partial charge on any atom is -0.364 e. The van der Waals surface area contributed by atoms with Gasteiger partial charge in [0.2, 0.25) is 23.6 Å². The fraction of sp³-hybridized carbons (Fsp3) is 0.548. The summed E-state index contributed by atoms with van der Waals surface area (Å²) in [5.41, 5.74) is 4.27. The number of carbonyl (C=O) groups is 4. The number of nitrogens with zero attached hydrogens (tertiary/aromatic N) is 6. The SMILES string of the molecule is CC(C)C(=O)N1CC2(C1)C(=O)N(Cc1nc3c(n1CCCC(F)(F)F)CCCC3)c1ccccc12.COCN1C(=O)C2(CN(C(=O)C(C)C)C2)c2ccccc21.I.[V]. The van der Waals surface area contributed by atoms with Crippen molar-refractivity contribution in [1.29, 1.82) is 0 Å². The van der Waals surface area contributed by atoms with E-state index in [2.05, 4.69) is 0 Å². The Bertz CT molecular complexity index is 2030. The standard InChI is InChI=1S/C26H31F3N4O2.C16H20N2O3.HI.V/c1-17(2)23(34)31-15-25(16-31)18-8-3-5-10-20(18)33(24(25)35)14-22-30-19-9-4-6-11-21(19)32(22)13-7-12-26(27,28)29;1-11(2)14(19)17-8-16(9-17)12-6-4-5-7-13(12)18(10-21-3)15(16)20;;/h3,5,8,10,17H,4,6-7,9,11-16H2,1-2H3;4-7,11H,8-10H2,1-3H3;1H;. The summed E-state index contributed by atoms with van der Waals surface area (Å²) in [6, 6.07) is 15.4. The molecule has 58 heavy (non-hydrogen) atoms. The summed E-state index contributed by atoms with van der Waals surface area (Å²) in [5, 5.41) is 0. The van der Waals surface area contributed by atoms with Crippen molar-refractivity contribution in [2.75, 3.05) is 49.8 Å². The molecule has 0 bridgehead atoms. The minimum atomic E-state index is -4.19. The first-order valence-electron chi connectivity index (χ1n) is 19.6. The number of alkyl halides is 3. The van der Waals surface area contributed by atoms with Crippen molar-refractivity contribution in [3.05, 3.63) is 76.9 Å². The average molecular weight is 956 g/mol.